The van der Waals surface area contributed by atoms with Crippen molar-refractivity contribution in [3.8, 4) is 17.5 Å². The van der Waals surface area contributed by atoms with E-state index in [0.29, 0.717) is 16.7 Å². The first kappa shape index (κ1) is 10.4. The van der Waals surface area contributed by atoms with Gasteiger partial charge in [-0.25, -0.2) is 4.68 Å². The Bertz CT molecular complexity index is 515. The number of nitriles is 1. The first-order chi connectivity index (χ1) is 7.83. The summed E-state index contributed by atoms with van der Waals surface area (Å²) in [4.78, 5) is 3.98. The van der Waals surface area contributed by atoms with Gasteiger partial charge in [0.15, 0.2) is 5.82 Å². The minimum absolute atomic E-state index is 0.294. The van der Waals surface area contributed by atoms with Gasteiger partial charge >= 0.3 is 0 Å². The molecule has 2 aromatic heterocycles. The van der Waals surface area contributed by atoms with Gasteiger partial charge in [-0.3, -0.25) is 4.98 Å². The van der Waals surface area contributed by atoms with E-state index < -0.39 is 0 Å². The first-order valence-corrected chi connectivity index (χ1v) is 5.42. The van der Waals surface area contributed by atoms with Crippen LogP contribution in [0.4, 0.5) is 0 Å². The van der Waals surface area contributed by atoms with Gasteiger partial charge in [0.2, 0.25) is 5.16 Å². The molecule has 0 aliphatic rings. The predicted octanol–water partition coefficient (Wildman–Crippen LogP) is 0.670. The summed E-state index contributed by atoms with van der Waals surface area (Å²) in [6.07, 6.45) is 3.33. The minimum atomic E-state index is 0.294. The van der Waals surface area contributed by atoms with Gasteiger partial charge in [0.05, 0.1) is 11.8 Å². The third kappa shape index (κ3) is 1.97. The Labute approximate surface area is 96.1 Å². The normalized spacial score (nSPS) is 9.94. The van der Waals surface area contributed by atoms with Gasteiger partial charge in [-0.05, 0) is 12.1 Å². The molecule has 16 heavy (non-hydrogen) atoms. The molecule has 2 rings (SSSR count). The summed E-state index contributed by atoms with van der Waals surface area (Å²) in [7, 11) is 0. The summed E-state index contributed by atoms with van der Waals surface area (Å²) in [6.45, 7) is 0. The molecule has 0 spiro atoms. The van der Waals surface area contributed by atoms with Crippen LogP contribution in [-0.2, 0) is 0 Å². The molecule has 2 N–H and O–H groups in total. The van der Waals surface area contributed by atoms with E-state index in [-0.39, 0.29) is 0 Å². The standard InChI is InChI=1S/C9H8N6S/c10-3-5-16-9-14-13-8(15(9)11)7-2-1-4-12-6-7/h1-2,4,6H,5,11H2. The van der Waals surface area contributed by atoms with Crippen molar-refractivity contribution in [1.29, 1.82) is 5.26 Å². The van der Waals surface area contributed by atoms with Gasteiger partial charge in [0, 0.05) is 18.0 Å². The number of rotatable bonds is 3. The number of nitrogen functional groups attached to an aromatic ring is 1. The van der Waals surface area contributed by atoms with Gasteiger partial charge in [-0.2, -0.15) is 5.26 Å². The third-order valence-electron chi connectivity index (χ3n) is 1.85. The fourth-order valence-corrected chi connectivity index (χ4v) is 1.68. The number of nitrogens with two attached hydrogens (primary N) is 1. The molecule has 0 saturated carbocycles. The summed E-state index contributed by atoms with van der Waals surface area (Å²) in [5.41, 5.74) is 0.793. The molecule has 2 heterocycles. The molecule has 0 bridgehead atoms. The number of aromatic nitrogens is 4. The quantitative estimate of drug-likeness (QED) is 0.617. The lowest BCUT2D eigenvalue weighted by Gasteiger charge is -2.01. The van der Waals surface area contributed by atoms with Crippen LogP contribution < -0.4 is 5.84 Å². The van der Waals surface area contributed by atoms with Crippen molar-refractivity contribution in [3.63, 3.8) is 0 Å². The van der Waals surface area contributed by atoms with E-state index in [1.807, 2.05) is 12.1 Å². The van der Waals surface area contributed by atoms with Gasteiger partial charge in [0.25, 0.3) is 0 Å². The Morgan fingerprint density at radius 3 is 3.06 bits per heavy atom. The second kappa shape index (κ2) is 4.63. The first-order valence-electron chi connectivity index (χ1n) is 4.43. The Hall–Kier alpha value is -2.07. The minimum Gasteiger partial charge on any atom is -0.335 e. The van der Waals surface area contributed by atoms with Gasteiger partial charge < -0.3 is 5.84 Å². The Morgan fingerprint density at radius 1 is 1.50 bits per heavy atom. The van der Waals surface area contributed by atoms with Gasteiger partial charge in [0.1, 0.15) is 0 Å². The largest absolute Gasteiger partial charge is 0.335 e. The molecule has 0 fully saturated rings. The van der Waals surface area contributed by atoms with Gasteiger partial charge in [-0.15, -0.1) is 10.2 Å². The molecule has 6 nitrogen and oxygen atoms in total. The highest BCUT2D eigenvalue weighted by Crippen LogP contribution is 2.19. The fraction of sp³-hybridized carbons (Fsp3) is 0.111. The third-order valence-corrected chi connectivity index (χ3v) is 2.66. The number of hydrogen-bond donors (Lipinski definition) is 1. The number of thioether (sulfide) groups is 1. The highest BCUT2D eigenvalue weighted by molar-refractivity contribution is 7.99. The number of pyridine rings is 1. The van der Waals surface area contributed by atoms with Crippen LogP contribution in [0.2, 0.25) is 0 Å². The van der Waals surface area contributed by atoms with E-state index >= 15 is 0 Å². The highest BCUT2D eigenvalue weighted by atomic mass is 32.2. The average molecular weight is 232 g/mol. The van der Waals surface area contributed by atoms with Crippen molar-refractivity contribution in [3.05, 3.63) is 24.5 Å². The monoisotopic (exact) mass is 232 g/mol. The summed E-state index contributed by atoms with van der Waals surface area (Å²) in [6, 6.07) is 5.65. The molecule has 0 atom stereocenters. The number of nitrogens with zero attached hydrogens (tertiary/aromatic N) is 5. The average Bonchev–Trinajstić information content (AvgIpc) is 2.69. The molecule has 0 unspecified atom stereocenters. The van der Waals surface area contributed by atoms with E-state index in [2.05, 4.69) is 15.2 Å². The molecule has 7 heteroatoms. The predicted molar refractivity (Wildman–Crippen MR) is 59.7 cm³/mol. The van der Waals surface area contributed by atoms with Crippen molar-refractivity contribution in [2.45, 2.75) is 5.16 Å². The van der Waals surface area contributed by atoms with Crippen LogP contribution >= 0.6 is 11.8 Å². The maximum atomic E-state index is 8.46. The zero-order valence-corrected chi connectivity index (χ0v) is 9.05. The molecule has 0 aromatic carbocycles. The Balaban J connectivity index is 2.31. The van der Waals surface area contributed by atoms with E-state index in [0.717, 1.165) is 5.56 Å². The second-order valence-electron chi connectivity index (χ2n) is 2.86. The van der Waals surface area contributed by atoms with E-state index in [9.17, 15) is 0 Å². The van der Waals surface area contributed by atoms with Crippen LogP contribution in [0.5, 0.6) is 0 Å². The molecule has 80 valence electrons. The van der Waals surface area contributed by atoms with Crippen molar-refractivity contribution in [1.82, 2.24) is 19.9 Å². The van der Waals surface area contributed by atoms with Crippen molar-refractivity contribution in [2.75, 3.05) is 11.6 Å². The van der Waals surface area contributed by atoms with Crippen molar-refractivity contribution in [2.24, 2.45) is 0 Å². The maximum absolute atomic E-state index is 8.46. The smallest absolute Gasteiger partial charge is 0.211 e. The van der Waals surface area contributed by atoms with Crippen molar-refractivity contribution < 1.29 is 0 Å². The molecule has 0 aliphatic carbocycles. The van der Waals surface area contributed by atoms with Crippen LogP contribution in [0.15, 0.2) is 29.7 Å². The maximum Gasteiger partial charge on any atom is 0.211 e. The van der Waals surface area contributed by atoms with Crippen LogP contribution in [0.3, 0.4) is 0 Å². The van der Waals surface area contributed by atoms with Crippen LogP contribution in [0, 0.1) is 11.3 Å². The second-order valence-corrected chi connectivity index (χ2v) is 3.81. The topological polar surface area (TPSA) is 93.4 Å². The van der Waals surface area contributed by atoms with E-state index in [4.69, 9.17) is 11.1 Å². The Morgan fingerprint density at radius 2 is 2.38 bits per heavy atom. The molecular weight excluding hydrogens is 224 g/mol. The molecule has 2 aromatic rings. The lowest BCUT2D eigenvalue weighted by Crippen LogP contribution is -2.11. The lowest BCUT2D eigenvalue weighted by molar-refractivity contribution is 0.851. The van der Waals surface area contributed by atoms with Crippen LogP contribution in [0.25, 0.3) is 11.4 Å². The highest BCUT2D eigenvalue weighted by Gasteiger charge is 2.11. The summed E-state index contributed by atoms with van der Waals surface area (Å²) in [5, 5.41) is 16.8. The molecule has 0 radical (unpaired) electrons. The van der Waals surface area contributed by atoms with Crippen LogP contribution in [0.1, 0.15) is 0 Å². The SMILES string of the molecule is N#CCSc1nnc(-c2cccnc2)n1N. The van der Waals surface area contributed by atoms with Crippen LogP contribution in [-0.4, -0.2) is 25.6 Å². The zero-order valence-electron chi connectivity index (χ0n) is 8.24. The molecule has 0 saturated heterocycles. The molecule has 0 amide bonds. The summed E-state index contributed by atoms with van der Waals surface area (Å²) < 4.78 is 1.36. The van der Waals surface area contributed by atoms with Crippen molar-refractivity contribution >= 4 is 11.8 Å². The lowest BCUT2D eigenvalue weighted by atomic mass is 10.3. The molecule has 0 aliphatic heterocycles. The molecular formula is C9H8N6S. The van der Waals surface area contributed by atoms with E-state index in [1.54, 1.807) is 18.5 Å². The summed E-state index contributed by atoms with van der Waals surface area (Å²) in [5.74, 6) is 6.64. The zero-order chi connectivity index (χ0) is 11.4. The van der Waals surface area contributed by atoms with Gasteiger partial charge in [-0.1, -0.05) is 11.8 Å². The fourth-order valence-electron chi connectivity index (χ4n) is 1.16. The number of hydrogen-bond acceptors (Lipinski definition) is 6. The summed E-state index contributed by atoms with van der Waals surface area (Å²) >= 11 is 1.25. The Kier molecular flexibility index (Phi) is 3.03. The van der Waals surface area contributed by atoms with E-state index in [1.165, 1.54) is 16.4 Å².